The molecule has 1 rings (SSSR count). The smallest absolute Gasteiger partial charge is 0.253 e. The quantitative estimate of drug-likeness (QED) is 0.684. The van der Waals surface area contributed by atoms with E-state index < -0.39 is 0 Å². The minimum Gasteiger partial charge on any atom is -0.345 e. The summed E-state index contributed by atoms with van der Waals surface area (Å²) in [7, 11) is 3.42. The van der Waals surface area contributed by atoms with Crippen molar-refractivity contribution in [2.24, 2.45) is 0 Å². The van der Waals surface area contributed by atoms with Gasteiger partial charge in [0.05, 0.1) is 6.07 Å². The Morgan fingerprint density at radius 2 is 2.20 bits per heavy atom. The van der Waals surface area contributed by atoms with Crippen molar-refractivity contribution in [3.05, 3.63) is 41.5 Å². The largest absolute Gasteiger partial charge is 0.345 e. The SMILES string of the molecule is CN(C)C(=O)c1cccc(C=CC#N)c1. The number of amides is 1. The molecule has 0 heterocycles. The zero-order chi connectivity index (χ0) is 11.3. The van der Waals surface area contributed by atoms with Gasteiger partial charge >= 0.3 is 0 Å². The summed E-state index contributed by atoms with van der Waals surface area (Å²) in [6.45, 7) is 0. The number of hydrogen-bond acceptors (Lipinski definition) is 2. The van der Waals surface area contributed by atoms with E-state index >= 15 is 0 Å². The molecule has 0 spiro atoms. The first-order valence-corrected chi connectivity index (χ1v) is 4.53. The third-order valence-corrected chi connectivity index (χ3v) is 1.89. The van der Waals surface area contributed by atoms with Crippen LogP contribution in [0.2, 0.25) is 0 Å². The van der Waals surface area contributed by atoms with Crippen molar-refractivity contribution in [3.63, 3.8) is 0 Å². The number of nitriles is 1. The van der Waals surface area contributed by atoms with Gasteiger partial charge in [-0.1, -0.05) is 12.1 Å². The van der Waals surface area contributed by atoms with Crippen LogP contribution in [0.1, 0.15) is 15.9 Å². The molecule has 1 amide bonds. The van der Waals surface area contributed by atoms with Gasteiger partial charge in [0.2, 0.25) is 0 Å². The van der Waals surface area contributed by atoms with Crippen LogP contribution in [0.4, 0.5) is 0 Å². The molecule has 0 saturated carbocycles. The van der Waals surface area contributed by atoms with E-state index in [0.717, 1.165) is 5.56 Å². The summed E-state index contributed by atoms with van der Waals surface area (Å²) in [5.41, 5.74) is 1.48. The molecule has 3 nitrogen and oxygen atoms in total. The molecule has 0 unspecified atom stereocenters. The summed E-state index contributed by atoms with van der Waals surface area (Å²) < 4.78 is 0. The van der Waals surface area contributed by atoms with E-state index in [2.05, 4.69) is 0 Å². The van der Waals surface area contributed by atoms with Crippen LogP contribution in [0.5, 0.6) is 0 Å². The Hall–Kier alpha value is -2.08. The van der Waals surface area contributed by atoms with Crippen molar-refractivity contribution in [1.29, 1.82) is 5.26 Å². The number of allylic oxidation sites excluding steroid dienone is 1. The van der Waals surface area contributed by atoms with Crippen molar-refractivity contribution < 1.29 is 4.79 Å². The minimum atomic E-state index is -0.0396. The molecule has 1 aromatic carbocycles. The highest BCUT2D eigenvalue weighted by molar-refractivity contribution is 5.94. The van der Waals surface area contributed by atoms with Gasteiger partial charge in [-0.15, -0.1) is 0 Å². The van der Waals surface area contributed by atoms with Crippen LogP contribution < -0.4 is 0 Å². The molecular weight excluding hydrogens is 188 g/mol. The number of carbonyl (C=O) groups is 1. The topological polar surface area (TPSA) is 44.1 Å². The molecule has 0 bridgehead atoms. The predicted octanol–water partition coefficient (Wildman–Crippen LogP) is 1.93. The van der Waals surface area contributed by atoms with E-state index in [1.807, 2.05) is 12.1 Å². The van der Waals surface area contributed by atoms with Crippen LogP contribution in [-0.2, 0) is 0 Å². The summed E-state index contributed by atoms with van der Waals surface area (Å²) in [5, 5.41) is 8.38. The van der Waals surface area contributed by atoms with Crippen LogP contribution in [0.25, 0.3) is 6.08 Å². The molecule has 0 aromatic heterocycles. The molecule has 0 atom stereocenters. The third kappa shape index (κ3) is 2.96. The van der Waals surface area contributed by atoms with Crippen LogP contribution in [-0.4, -0.2) is 24.9 Å². The van der Waals surface area contributed by atoms with Gasteiger partial charge in [0.15, 0.2) is 0 Å². The van der Waals surface area contributed by atoms with Gasteiger partial charge < -0.3 is 4.90 Å². The predicted molar refractivity (Wildman–Crippen MR) is 59.1 cm³/mol. The first-order chi connectivity index (χ1) is 7.15. The fourth-order valence-electron chi connectivity index (χ4n) is 1.17. The second-order valence-electron chi connectivity index (χ2n) is 3.29. The Morgan fingerprint density at radius 3 is 2.80 bits per heavy atom. The Bertz CT molecular complexity index is 427. The lowest BCUT2D eigenvalue weighted by Crippen LogP contribution is -2.21. The highest BCUT2D eigenvalue weighted by atomic mass is 16.2. The molecular formula is C12H12N2O. The first-order valence-electron chi connectivity index (χ1n) is 4.53. The van der Waals surface area contributed by atoms with Crippen LogP contribution in [0, 0.1) is 11.3 Å². The number of hydrogen-bond donors (Lipinski definition) is 0. The highest BCUT2D eigenvalue weighted by Crippen LogP contribution is 2.08. The molecule has 76 valence electrons. The molecule has 1 aromatic rings. The molecule has 0 N–H and O–H groups in total. The average Bonchev–Trinajstić information content (AvgIpc) is 2.25. The summed E-state index contributed by atoms with van der Waals surface area (Å²) >= 11 is 0. The van der Waals surface area contributed by atoms with Crippen LogP contribution in [0.3, 0.4) is 0 Å². The first kappa shape index (κ1) is 11.0. The van der Waals surface area contributed by atoms with Crippen molar-refractivity contribution in [1.82, 2.24) is 4.90 Å². The number of rotatable bonds is 2. The van der Waals surface area contributed by atoms with Gasteiger partial charge in [-0.2, -0.15) is 5.26 Å². The van der Waals surface area contributed by atoms with Crippen LogP contribution >= 0.6 is 0 Å². The van der Waals surface area contributed by atoms with Crippen molar-refractivity contribution >= 4 is 12.0 Å². The van der Waals surface area contributed by atoms with E-state index in [4.69, 9.17) is 5.26 Å². The van der Waals surface area contributed by atoms with Gasteiger partial charge in [0, 0.05) is 25.7 Å². The zero-order valence-corrected chi connectivity index (χ0v) is 8.77. The Labute approximate surface area is 89.2 Å². The maximum Gasteiger partial charge on any atom is 0.253 e. The second-order valence-corrected chi connectivity index (χ2v) is 3.29. The fourth-order valence-corrected chi connectivity index (χ4v) is 1.17. The minimum absolute atomic E-state index is 0.0396. The maximum atomic E-state index is 11.6. The highest BCUT2D eigenvalue weighted by Gasteiger charge is 2.06. The summed E-state index contributed by atoms with van der Waals surface area (Å²) in [6.07, 6.45) is 3.06. The Kier molecular flexibility index (Phi) is 3.64. The summed E-state index contributed by atoms with van der Waals surface area (Å²) in [6, 6.07) is 9.07. The summed E-state index contributed by atoms with van der Waals surface area (Å²) in [5.74, 6) is -0.0396. The zero-order valence-electron chi connectivity index (χ0n) is 8.77. The van der Waals surface area contributed by atoms with E-state index in [1.54, 1.807) is 38.4 Å². The molecule has 0 radical (unpaired) electrons. The van der Waals surface area contributed by atoms with E-state index in [-0.39, 0.29) is 5.91 Å². The number of nitrogens with zero attached hydrogens (tertiary/aromatic N) is 2. The van der Waals surface area contributed by atoms with Crippen LogP contribution in [0.15, 0.2) is 30.3 Å². The lowest BCUT2D eigenvalue weighted by atomic mass is 10.1. The van der Waals surface area contributed by atoms with Gasteiger partial charge in [0.25, 0.3) is 5.91 Å². The Balaban J connectivity index is 2.98. The van der Waals surface area contributed by atoms with E-state index in [9.17, 15) is 4.79 Å². The van der Waals surface area contributed by atoms with Gasteiger partial charge in [-0.05, 0) is 23.8 Å². The van der Waals surface area contributed by atoms with E-state index in [1.165, 1.54) is 11.0 Å². The van der Waals surface area contributed by atoms with Crippen molar-refractivity contribution in [2.45, 2.75) is 0 Å². The van der Waals surface area contributed by atoms with Crippen molar-refractivity contribution in [2.75, 3.05) is 14.1 Å². The molecule has 15 heavy (non-hydrogen) atoms. The molecule has 3 heteroatoms. The monoisotopic (exact) mass is 200 g/mol. The molecule has 0 aliphatic heterocycles. The second kappa shape index (κ2) is 4.97. The maximum absolute atomic E-state index is 11.6. The summed E-state index contributed by atoms with van der Waals surface area (Å²) in [4.78, 5) is 13.1. The number of benzene rings is 1. The Morgan fingerprint density at radius 1 is 1.47 bits per heavy atom. The normalized spacial score (nSPS) is 9.93. The molecule has 0 saturated heterocycles. The standard InChI is InChI=1S/C12H12N2O/c1-14(2)12(15)11-7-3-5-10(9-11)6-4-8-13/h3-7,9H,1-2H3. The number of carbonyl (C=O) groups excluding carboxylic acids is 1. The van der Waals surface area contributed by atoms with Crippen molar-refractivity contribution in [3.8, 4) is 6.07 Å². The lowest BCUT2D eigenvalue weighted by molar-refractivity contribution is 0.0827. The fraction of sp³-hybridized carbons (Fsp3) is 0.167. The average molecular weight is 200 g/mol. The molecule has 0 fully saturated rings. The van der Waals surface area contributed by atoms with Gasteiger partial charge in [-0.3, -0.25) is 4.79 Å². The van der Waals surface area contributed by atoms with Gasteiger partial charge in [0.1, 0.15) is 0 Å². The van der Waals surface area contributed by atoms with E-state index in [0.29, 0.717) is 5.56 Å². The molecule has 0 aliphatic rings. The third-order valence-electron chi connectivity index (χ3n) is 1.89. The van der Waals surface area contributed by atoms with Gasteiger partial charge in [-0.25, -0.2) is 0 Å². The lowest BCUT2D eigenvalue weighted by Gasteiger charge is -2.10. The molecule has 0 aliphatic carbocycles.